The highest BCUT2D eigenvalue weighted by Crippen LogP contribution is 2.41. The summed E-state index contributed by atoms with van der Waals surface area (Å²) >= 11 is 0. The van der Waals surface area contributed by atoms with Crippen molar-refractivity contribution in [1.29, 1.82) is 0 Å². The molecule has 0 saturated heterocycles. The zero-order valence-corrected chi connectivity index (χ0v) is 26.5. The van der Waals surface area contributed by atoms with Gasteiger partial charge in [0.15, 0.2) is 0 Å². The highest BCUT2D eigenvalue weighted by Gasteiger charge is 2.28. The summed E-state index contributed by atoms with van der Waals surface area (Å²) in [5.41, 5.74) is 7.56. The van der Waals surface area contributed by atoms with Crippen molar-refractivity contribution < 1.29 is 31.3 Å². The van der Waals surface area contributed by atoms with Gasteiger partial charge in [-0.05, 0) is 67.6 Å². The summed E-state index contributed by atoms with van der Waals surface area (Å²) in [4.78, 5) is 11.6. The molecule has 0 aromatic heterocycles. The second-order valence-corrected chi connectivity index (χ2v) is 13.3. The third-order valence-corrected chi connectivity index (χ3v) is 9.67. The van der Waals surface area contributed by atoms with Crippen LogP contribution in [0.1, 0.15) is 32.3 Å². The Morgan fingerprint density at radius 1 is 0.978 bits per heavy atom. The van der Waals surface area contributed by atoms with Crippen LogP contribution in [0, 0.1) is 6.92 Å². The number of urea groups is 1. The Kier molecular flexibility index (Phi) is 9.95. The smallest absolute Gasteiger partial charge is 0.319 e. The molecule has 0 saturated carbocycles. The van der Waals surface area contributed by atoms with E-state index < -0.39 is 36.8 Å². The van der Waals surface area contributed by atoms with Gasteiger partial charge in [0.1, 0.15) is 22.0 Å². The Morgan fingerprint density at radius 3 is 2.40 bits per heavy atom. The van der Waals surface area contributed by atoms with Crippen molar-refractivity contribution in [2.75, 3.05) is 28.4 Å². The fourth-order valence-corrected chi connectivity index (χ4v) is 6.82. The van der Waals surface area contributed by atoms with Crippen LogP contribution < -0.4 is 20.7 Å². The highest BCUT2D eigenvalue weighted by molar-refractivity contribution is 7.93. The number of carbonyl (C=O) groups is 1. The van der Waals surface area contributed by atoms with Gasteiger partial charge in [-0.1, -0.05) is 37.6 Å². The first-order valence-electron chi connectivity index (χ1n) is 14.0. The zero-order chi connectivity index (χ0) is 32.9. The minimum atomic E-state index is -4.61. The molecular weight excluding hydrogens is 620 g/mol. The summed E-state index contributed by atoms with van der Waals surface area (Å²) in [5.74, 6) is -0.526. The fourth-order valence-electron chi connectivity index (χ4n) is 4.63. The molecule has 6 N–H and O–H groups in total. The van der Waals surface area contributed by atoms with Gasteiger partial charge in [-0.2, -0.15) is 8.42 Å². The molecule has 0 aliphatic carbocycles. The number of sulfonamides is 1. The lowest BCUT2D eigenvalue weighted by Crippen LogP contribution is -2.32. The molecule has 0 aliphatic rings. The number of benzene rings is 4. The van der Waals surface area contributed by atoms with Crippen molar-refractivity contribution in [2.45, 2.75) is 43.4 Å². The number of rotatable bonds is 11. The van der Waals surface area contributed by atoms with Crippen molar-refractivity contribution in [3.8, 4) is 5.75 Å². The molecule has 4 aromatic carbocycles. The molecule has 45 heavy (non-hydrogen) atoms. The van der Waals surface area contributed by atoms with Crippen molar-refractivity contribution in [1.82, 2.24) is 5.32 Å². The Bertz CT molecular complexity index is 2000. The number of unbranched alkanes of at least 4 members (excludes halogenated alkanes) is 1. The van der Waals surface area contributed by atoms with E-state index in [1.165, 1.54) is 28.6 Å². The fraction of sp³-hybridized carbons (Fsp3) is 0.233. The number of aromatic hydroxyl groups is 1. The normalized spacial score (nSPS) is 12.0. The molecule has 0 atom stereocenters. The van der Waals surface area contributed by atoms with E-state index in [0.717, 1.165) is 25.0 Å². The SMILES string of the molecule is CCCCNC(=O)Nc1ccc(C)c(N(CC)S(=O)(=O)c2ccccc2N=Nc2c(N)ccc3cc(S(=O)(=O)O)cc(O)c23)c1. The van der Waals surface area contributed by atoms with Gasteiger partial charge in [0, 0.05) is 24.8 Å². The van der Waals surface area contributed by atoms with E-state index in [2.05, 4.69) is 20.9 Å². The summed E-state index contributed by atoms with van der Waals surface area (Å²) in [6, 6.07) is 15.4. The van der Waals surface area contributed by atoms with Gasteiger partial charge >= 0.3 is 6.03 Å². The van der Waals surface area contributed by atoms with Gasteiger partial charge in [-0.25, -0.2) is 13.2 Å². The van der Waals surface area contributed by atoms with Crippen LogP contribution in [0.25, 0.3) is 10.8 Å². The average Bonchev–Trinajstić information content (AvgIpc) is 2.98. The van der Waals surface area contributed by atoms with Crippen LogP contribution in [0.15, 0.2) is 86.7 Å². The van der Waals surface area contributed by atoms with E-state index in [1.807, 2.05) is 6.92 Å². The Hall–Kier alpha value is -4.73. The van der Waals surface area contributed by atoms with Crippen LogP contribution in [-0.4, -0.2) is 45.6 Å². The van der Waals surface area contributed by atoms with Gasteiger partial charge < -0.3 is 21.5 Å². The number of phenols is 1. The number of azo groups is 1. The minimum Gasteiger partial charge on any atom is -0.507 e. The number of fused-ring (bicyclic) bond motifs is 1. The molecular formula is C30H34N6O7S2. The van der Waals surface area contributed by atoms with Gasteiger partial charge in [0.25, 0.3) is 20.1 Å². The largest absolute Gasteiger partial charge is 0.507 e. The molecule has 0 radical (unpaired) electrons. The summed E-state index contributed by atoms with van der Waals surface area (Å²) in [6.45, 7) is 6.02. The molecule has 4 rings (SSSR count). The first kappa shape index (κ1) is 33.2. The number of carbonyl (C=O) groups excluding carboxylic acids is 1. The number of nitrogens with one attached hydrogen (secondary N) is 2. The predicted molar refractivity (Wildman–Crippen MR) is 174 cm³/mol. The van der Waals surface area contributed by atoms with E-state index in [1.54, 1.807) is 44.2 Å². The number of phenolic OH excluding ortho intramolecular Hbond substituents is 1. The van der Waals surface area contributed by atoms with Crippen molar-refractivity contribution in [3.63, 3.8) is 0 Å². The van der Waals surface area contributed by atoms with Crippen LogP contribution in [-0.2, 0) is 20.1 Å². The monoisotopic (exact) mass is 654 g/mol. The third-order valence-electron chi connectivity index (χ3n) is 6.90. The maximum atomic E-state index is 14.1. The molecule has 0 heterocycles. The van der Waals surface area contributed by atoms with Gasteiger partial charge in [-0.15, -0.1) is 10.2 Å². The second kappa shape index (κ2) is 13.5. The van der Waals surface area contributed by atoms with Crippen LogP contribution in [0.3, 0.4) is 0 Å². The summed E-state index contributed by atoms with van der Waals surface area (Å²) in [5, 5.41) is 24.7. The number of nitrogen functional groups attached to an aromatic ring is 1. The molecule has 0 bridgehead atoms. The third kappa shape index (κ3) is 7.33. The summed E-state index contributed by atoms with van der Waals surface area (Å²) in [7, 11) is -8.84. The van der Waals surface area contributed by atoms with Crippen molar-refractivity contribution in [2.24, 2.45) is 10.2 Å². The van der Waals surface area contributed by atoms with Crippen LogP contribution in [0.2, 0.25) is 0 Å². The van der Waals surface area contributed by atoms with Crippen LogP contribution in [0.5, 0.6) is 5.75 Å². The number of nitrogens with two attached hydrogens (primary N) is 1. The Balaban J connectivity index is 1.74. The lowest BCUT2D eigenvalue weighted by atomic mass is 10.1. The number of hydrogen-bond acceptors (Lipinski definition) is 9. The molecule has 15 heteroatoms. The van der Waals surface area contributed by atoms with E-state index in [9.17, 15) is 31.3 Å². The number of aryl methyl sites for hydroxylation is 1. The summed E-state index contributed by atoms with van der Waals surface area (Å²) < 4.78 is 62.1. The zero-order valence-electron chi connectivity index (χ0n) is 24.9. The second-order valence-electron chi connectivity index (χ2n) is 10.1. The minimum absolute atomic E-state index is 0.0244. The topological polar surface area (TPSA) is 204 Å². The molecule has 13 nitrogen and oxygen atoms in total. The Labute approximate surface area is 261 Å². The van der Waals surface area contributed by atoms with Gasteiger partial charge in [-0.3, -0.25) is 8.86 Å². The standard InChI is InChI=1S/C30H34N6O7S2/c1-4-6-15-32-30(38)33-21-13-11-19(3)25(17-21)36(5-2)44(39,40)27-10-8-7-9-24(27)34-35-29-23(31)14-12-20-16-22(45(41,42)43)18-26(37)28(20)29/h7-14,16-18,37H,4-6,15,31H2,1-3H3,(H2,32,33,38)(H,41,42,43). The predicted octanol–water partition coefficient (Wildman–Crippen LogP) is 6.23. The maximum Gasteiger partial charge on any atom is 0.319 e. The highest BCUT2D eigenvalue weighted by atomic mass is 32.2. The van der Waals surface area contributed by atoms with E-state index in [0.29, 0.717) is 23.5 Å². The lowest BCUT2D eigenvalue weighted by Gasteiger charge is -2.25. The molecule has 4 aromatic rings. The molecule has 238 valence electrons. The molecule has 2 amide bonds. The number of hydrogen-bond donors (Lipinski definition) is 5. The summed E-state index contributed by atoms with van der Waals surface area (Å²) in [6.07, 6.45) is 1.75. The molecule has 0 spiro atoms. The first-order valence-corrected chi connectivity index (χ1v) is 16.9. The molecule has 0 unspecified atom stereocenters. The maximum absolute atomic E-state index is 14.1. The average molecular weight is 655 g/mol. The van der Waals surface area contributed by atoms with E-state index in [4.69, 9.17) is 5.73 Å². The Morgan fingerprint density at radius 2 is 1.71 bits per heavy atom. The first-order chi connectivity index (χ1) is 21.3. The van der Waals surface area contributed by atoms with E-state index >= 15 is 0 Å². The number of amides is 2. The van der Waals surface area contributed by atoms with Gasteiger partial charge in [0.2, 0.25) is 0 Å². The molecule has 0 aliphatic heterocycles. The van der Waals surface area contributed by atoms with Crippen molar-refractivity contribution in [3.05, 3.63) is 72.3 Å². The van der Waals surface area contributed by atoms with Gasteiger partial charge in [0.05, 0.1) is 21.7 Å². The number of nitrogens with zero attached hydrogens (tertiary/aromatic N) is 3. The molecule has 0 fully saturated rings. The van der Waals surface area contributed by atoms with Crippen LogP contribution >= 0.6 is 0 Å². The van der Waals surface area contributed by atoms with Crippen molar-refractivity contribution >= 4 is 65.4 Å². The van der Waals surface area contributed by atoms with E-state index in [-0.39, 0.29) is 39.3 Å². The van der Waals surface area contributed by atoms with Crippen LogP contribution in [0.4, 0.5) is 33.2 Å². The lowest BCUT2D eigenvalue weighted by molar-refractivity contribution is 0.252. The number of anilines is 3. The quantitative estimate of drug-likeness (QED) is 0.0541.